The Kier molecular flexibility index (Phi) is 3.37. The zero-order chi connectivity index (χ0) is 7.40. The third-order valence-corrected chi connectivity index (χ3v) is 2.99. The van der Waals surface area contributed by atoms with E-state index < -0.39 is 0 Å². The summed E-state index contributed by atoms with van der Waals surface area (Å²) in [6.07, 6.45) is 3.33. The molecule has 0 amide bonds. The number of hydrogen-bond acceptors (Lipinski definition) is 5. The number of aryl methyl sites for hydroxylation is 1. The van der Waals surface area contributed by atoms with Crippen molar-refractivity contribution in [2.45, 2.75) is 11.9 Å². The molecule has 1 rings (SSSR count). The third-order valence-electron chi connectivity index (χ3n) is 0.963. The molecule has 0 aliphatic heterocycles. The van der Waals surface area contributed by atoms with Gasteiger partial charge in [-0.15, -0.1) is 0 Å². The highest BCUT2D eigenvalue weighted by atomic mass is 33.5. The van der Waals surface area contributed by atoms with Gasteiger partial charge in [-0.1, -0.05) is 11.7 Å². The lowest BCUT2D eigenvalue weighted by molar-refractivity contribution is 1.01. The number of rotatable bonds is 2. The van der Waals surface area contributed by atoms with Crippen LogP contribution in [-0.2, 0) is 0 Å². The normalized spacial score (nSPS) is 9.80. The van der Waals surface area contributed by atoms with Crippen molar-refractivity contribution in [3.63, 3.8) is 0 Å². The minimum Gasteiger partial charge on any atom is -0.244 e. The molecule has 0 aliphatic carbocycles. The Morgan fingerprint density at radius 3 is 3.00 bits per heavy atom. The summed E-state index contributed by atoms with van der Waals surface area (Å²) < 4.78 is 0. The van der Waals surface area contributed by atoms with Gasteiger partial charge in [0, 0.05) is 11.8 Å². The predicted molar refractivity (Wildman–Crippen MR) is 49.2 cm³/mol. The topological polar surface area (TPSA) is 25.8 Å². The van der Waals surface area contributed by atoms with Crippen LogP contribution >= 0.6 is 32.3 Å². The van der Waals surface area contributed by atoms with Crippen LogP contribution in [0.5, 0.6) is 0 Å². The first-order chi connectivity index (χ1) is 4.84. The fourth-order valence-electron chi connectivity index (χ4n) is 0.510. The summed E-state index contributed by atoms with van der Waals surface area (Å²) in [7, 11) is 2.92. The predicted octanol–water partition coefficient (Wildman–Crippen LogP) is 2.37. The minimum atomic E-state index is 0.981. The highest BCUT2D eigenvalue weighted by Crippen LogP contribution is 2.33. The fourth-order valence-corrected chi connectivity index (χ4v) is 2.23. The molecule has 54 valence electrons. The Labute approximate surface area is 72.4 Å². The first kappa shape index (κ1) is 8.23. The van der Waals surface area contributed by atoms with E-state index in [9.17, 15) is 0 Å². The SMILES string of the molecule is Cc1cncnc1SSS. The summed E-state index contributed by atoms with van der Waals surface area (Å²) in [4.78, 5) is 7.92. The molecule has 0 fully saturated rings. The Morgan fingerprint density at radius 1 is 1.60 bits per heavy atom. The van der Waals surface area contributed by atoms with Crippen molar-refractivity contribution >= 4 is 32.3 Å². The second-order valence-electron chi connectivity index (χ2n) is 1.67. The third kappa shape index (κ3) is 2.07. The summed E-state index contributed by atoms with van der Waals surface area (Å²) in [5, 5.41) is 0.981. The molecule has 0 spiro atoms. The maximum absolute atomic E-state index is 4.05. The first-order valence-electron chi connectivity index (χ1n) is 2.59. The molecule has 1 aromatic rings. The molecular formula is C5H6N2S3. The molecule has 0 radical (unpaired) electrons. The smallest absolute Gasteiger partial charge is 0.116 e. The van der Waals surface area contributed by atoms with Gasteiger partial charge in [0.25, 0.3) is 0 Å². The van der Waals surface area contributed by atoms with Gasteiger partial charge >= 0.3 is 0 Å². The molecule has 2 nitrogen and oxygen atoms in total. The number of aromatic nitrogens is 2. The van der Waals surface area contributed by atoms with E-state index in [1.165, 1.54) is 20.6 Å². The number of nitrogens with zero attached hydrogens (tertiary/aromatic N) is 2. The van der Waals surface area contributed by atoms with E-state index in [0.717, 1.165) is 10.6 Å². The summed E-state index contributed by atoms with van der Waals surface area (Å²) in [6.45, 7) is 1.98. The van der Waals surface area contributed by atoms with Crippen LogP contribution in [0.2, 0.25) is 0 Å². The molecule has 0 aliphatic rings. The monoisotopic (exact) mass is 190 g/mol. The number of hydrogen-bond donors (Lipinski definition) is 1. The van der Waals surface area contributed by atoms with E-state index in [4.69, 9.17) is 0 Å². The Morgan fingerprint density at radius 2 is 2.40 bits per heavy atom. The van der Waals surface area contributed by atoms with Gasteiger partial charge in [-0.2, -0.15) is 0 Å². The molecule has 5 heteroatoms. The van der Waals surface area contributed by atoms with Crippen molar-refractivity contribution in [2.24, 2.45) is 0 Å². The van der Waals surface area contributed by atoms with Crippen molar-refractivity contribution in [2.75, 3.05) is 0 Å². The van der Waals surface area contributed by atoms with Gasteiger partial charge in [0.1, 0.15) is 11.4 Å². The van der Waals surface area contributed by atoms with Gasteiger partial charge in [0.15, 0.2) is 0 Å². The van der Waals surface area contributed by atoms with E-state index in [0.29, 0.717) is 0 Å². The maximum atomic E-state index is 4.05. The van der Waals surface area contributed by atoms with Crippen molar-refractivity contribution in [3.8, 4) is 0 Å². The quantitative estimate of drug-likeness (QED) is 0.440. The minimum absolute atomic E-state index is 0.981. The highest BCUT2D eigenvalue weighted by Gasteiger charge is 1.97. The zero-order valence-corrected chi connectivity index (χ0v) is 7.84. The Hall–Kier alpha value is 0.130. The zero-order valence-electron chi connectivity index (χ0n) is 5.31. The van der Waals surface area contributed by atoms with Crippen LogP contribution in [0.1, 0.15) is 5.56 Å². The molecule has 0 unspecified atom stereocenters. The molecule has 10 heavy (non-hydrogen) atoms. The molecule has 0 saturated carbocycles. The molecule has 0 saturated heterocycles. The molecule has 1 heterocycles. The standard InChI is InChI=1S/C5H6N2S3/c1-4-2-6-3-7-5(4)9-10-8/h2-3,8H,1H3. The van der Waals surface area contributed by atoms with Gasteiger partial charge in [-0.25, -0.2) is 9.97 Å². The van der Waals surface area contributed by atoms with Gasteiger partial charge in [-0.3, -0.25) is 0 Å². The van der Waals surface area contributed by atoms with Crippen LogP contribution in [-0.4, -0.2) is 9.97 Å². The largest absolute Gasteiger partial charge is 0.244 e. The lowest BCUT2D eigenvalue weighted by Gasteiger charge is -1.97. The van der Waals surface area contributed by atoms with Crippen molar-refractivity contribution < 1.29 is 0 Å². The van der Waals surface area contributed by atoms with Crippen molar-refractivity contribution in [1.82, 2.24) is 9.97 Å². The van der Waals surface area contributed by atoms with Gasteiger partial charge < -0.3 is 0 Å². The second kappa shape index (κ2) is 4.10. The van der Waals surface area contributed by atoms with Crippen molar-refractivity contribution in [3.05, 3.63) is 18.1 Å². The summed E-state index contributed by atoms with van der Waals surface area (Å²) >= 11 is 4.00. The molecule has 1 aromatic heterocycles. The highest BCUT2D eigenvalue weighted by molar-refractivity contribution is 9.05. The maximum Gasteiger partial charge on any atom is 0.116 e. The van der Waals surface area contributed by atoms with E-state index in [2.05, 4.69) is 21.6 Å². The van der Waals surface area contributed by atoms with Crippen LogP contribution in [0.25, 0.3) is 0 Å². The van der Waals surface area contributed by atoms with Crippen LogP contribution in [0.3, 0.4) is 0 Å². The summed E-state index contributed by atoms with van der Waals surface area (Å²) in [6, 6.07) is 0. The molecule has 0 atom stereocenters. The summed E-state index contributed by atoms with van der Waals surface area (Å²) in [5.74, 6) is 0. The van der Waals surface area contributed by atoms with Gasteiger partial charge in [-0.05, 0) is 27.5 Å². The van der Waals surface area contributed by atoms with E-state index in [-0.39, 0.29) is 0 Å². The first-order valence-corrected chi connectivity index (χ1v) is 5.79. The Bertz CT molecular complexity index is 216. The molecular weight excluding hydrogens is 184 g/mol. The fraction of sp³-hybridized carbons (Fsp3) is 0.200. The van der Waals surface area contributed by atoms with Crippen LogP contribution in [0, 0.1) is 6.92 Å². The van der Waals surface area contributed by atoms with Gasteiger partial charge in [0.05, 0.1) is 0 Å². The van der Waals surface area contributed by atoms with Crippen LogP contribution < -0.4 is 0 Å². The van der Waals surface area contributed by atoms with Crippen molar-refractivity contribution in [1.29, 1.82) is 0 Å². The van der Waals surface area contributed by atoms with E-state index >= 15 is 0 Å². The average Bonchev–Trinajstić information content (AvgIpc) is 1.94. The lowest BCUT2D eigenvalue weighted by atomic mass is 10.4. The molecule has 0 aromatic carbocycles. The molecule has 0 N–H and O–H groups in total. The van der Waals surface area contributed by atoms with E-state index in [1.54, 1.807) is 12.5 Å². The number of thiol groups is 1. The van der Waals surface area contributed by atoms with Crippen LogP contribution in [0.4, 0.5) is 0 Å². The Balaban J connectivity index is 2.81. The van der Waals surface area contributed by atoms with Gasteiger partial charge in [0.2, 0.25) is 0 Å². The molecule has 0 bridgehead atoms. The average molecular weight is 190 g/mol. The summed E-state index contributed by atoms with van der Waals surface area (Å²) in [5.41, 5.74) is 1.09. The van der Waals surface area contributed by atoms with Crippen LogP contribution in [0.15, 0.2) is 17.6 Å². The lowest BCUT2D eigenvalue weighted by Crippen LogP contribution is -1.83. The second-order valence-corrected chi connectivity index (χ2v) is 4.66. The van der Waals surface area contributed by atoms with E-state index in [1.807, 2.05) is 6.92 Å².